The molecule has 0 bridgehead atoms. The van der Waals surface area contributed by atoms with Crippen LogP contribution in [-0.4, -0.2) is 21.7 Å². The summed E-state index contributed by atoms with van der Waals surface area (Å²) in [6.45, 7) is 1.97. The Labute approximate surface area is 190 Å². The highest BCUT2D eigenvalue weighted by Gasteiger charge is 2.10. The molecule has 0 aliphatic carbocycles. The number of pyridine rings is 1. The number of hydrogen-bond acceptors (Lipinski definition) is 6. The number of amides is 1. The zero-order valence-corrected chi connectivity index (χ0v) is 18.4. The molecule has 7 heteroatoms. The topological polar surface area (TPSA) is 84.0 Å². The van der Waals surface area contributed by atoms with Crippen LogP contribution in [0.4, 0.5) is 16.5 Å². The standard InChI is InChI=1S/C25H22N4O2S/c1-17-2-4-19(5-3-17)23(30)10-11-24(31)27-20-6-8-21(9-7-20)28-25-29-22(16-32-25)18-12-14-26-15-13-18/h2-9,12-16H,10-11H2,1H3,(H,27,31)(H,28,29). The Hall–Kier alpha value is -3.84. The van der Waals surface area contributed by atoms with Crippen molar-refractivity contribution in [1.82, 2.24) is 9.97 Å². The fourth-order valence-corrected chi connectivity index (χ4v) is 3.82. The summed E-state index contributed by atoms with van der Waals surface area (Å²) >= 11 is 1.52. The average molecular weight is 443 g/mol. The van der Waals surface area contributed by atoms with E-state index in [1.807, 2.05) is 60.8 Å². The largest absolute Gasteiger partial charge is 0.332 e. The Morgan fingerprint density at radius 1 is 0.875 bits per heavy atom. The van der Waals surface area contributed by atoms with Crippen LogP contribution in [0.15, 0.2) is 78.4 Å². The number of benzene rings is 2. The van der Waals surface area contributed by atoms with Crippen molar-refractivity contribution in [1.29, 1.82) is 0 Å². The Balaban J connectivity index is 1.28. The summed E-state index contributed by atoms with van der Waals surface area (Å²) in [5.74, 6) is -0.220. The molecule has 160 valence electrons. The van der Waals surface area contributed by atoms with Gasteiger partial charge in [-0.05, 0) is 43.3 Å². The van der Waals surface area contributed by atoms with Gasteiger partial charge in [-0.15, -0.1) is 11.3 Å². The maximum atomic E-state index is 12.2. The number of anilines is 3. The molecule has 0 radical (unpaired) electrons. The van der Waals surface area contributed by atoms with Crippen LogP contribution < -0.4 is 10.6 Å². The minimum absolute atomic E-state index is 0.0331. The number of nitrogens with one attached hydrogen (secondary N) is 2. The number of nitrogens with zero attached hydrogens (tertiary/aromatic N) is 2. The summed E-state index contributed by atoms with van der Waals surface area (Å²) in [5, 5.41) is 8.88. The lowest BCUT2D eigenvalue weighted by atomic mass is 10.0. The van der Waals surface area contributed by atoms with Crippen molar-refractivity contribution in [3.8, 4) is 11.3 Å². The summed E-state index contributed by atoms with van der Waals surface area (Å²) in [5.41, 5.74) is 5.19. The molecule has 2 heterocycles. The minimum Gasteiger partial charge on any atom is -0.332 e. The van der Waals surface area contributed by atoms with E-state index in [4.69, 9.17) is 0 Å². The van der Waals surface area contributed by atoms with Crippen molar-refractivity contribution in [2.45, 2.75) is 19.8 Å². The Morgan fingerprint density at radius 2 is 1.56 bits per heavy atom. The van der Waals surface area contributed by atoms with E-state index in [0.717, 1.165) is 27.6 Å². The van der Waals surface area contributed by atoms with Crippen LogP contribution in [0.25, 0.3) is 11.3 Å². The Bertz CT molecular complexity index is 1200. The van der Waals surface area contributed by atoms with Crippen LogP contribution in [0.5, 0.6) is 0 Å². The second-order valence-corrected chi connectivity index (χ2v) is 8.17. The number of carbonyl (C=O) groups is 2. The normalized spacial score (nSPS) is 10.5. The lowest BCUT2D eigenvalue weighted by molar-refractivity contribution is -0.116. The molecule has 0 saturated heterocycles. The SMILES string of the molecule is Cc1ccc(C(=O)CCC(=O)Nc2ccc(Nc3nc(-c4ccncc4)cs3)cc2)cc1. The highest BCUT2D eigenvalue weighted by Crippen LogP contribution is 2.27. The first-order valence-electron chi connectivity index (χ1n) is 10.2. The van der Waals surface area contributed by atoms with Gasteiger partial charge in [-0.3, -0.25) is 14.6 Å². The van der Waals surface area contributed by atoms with E-state index in [2.05, 4.69) is 20.6 Å². The lowest BCUT2D eigenvalue weighted by Gasteiger charge is -2.07. The van der Waals surface area contributed by atoms with Crippen LogP contribution in [-0.2, 0) is 4.79 Å². The van der Waals surface area contributed by atoms with Crippen molar-refractivity contribution in [3.63, 3.8) is 0 Å². The van der Waals surface area contributed by atoms with Crippen LogP contribution in [0.3, 0.4) is 0 Å². The van der Waals surface area contributed by atoms with Gasteiger partial charge in [0.05, 0.1) is 5.69 Å². The quantitative estimate of drug-likeness (QED) is 0.334. The third-order valence-electron chi connectivity index (χ3n) is 4.85. The maximum absolute atomic E-state index is 12.2. The van der Waals surface area contributed by atoms with Gasteiger partial charge in [-0.2, -0.15) is 0 Å². The predicted molar refractivity (Wildman–Crippen MR) is 128 cm³/mol. The molecule has 0 aliphatic rings. The lowest BCUT2D eigenvalue weighted by Crippen LogP contribution is -2.13. The number of ketones is 1. The van der Waals surface area contributed by atoms with Crippen molar-refractivity contribution in [2.75, 3.05) is 10.6 Å². The molecular formula is C25H22N4O2S. The number of carbonyl (C=O) groups excluding carboxylic acids is 2. The second-order valence-electron chi connectivity index (χ2n) is 7.31. The molecule has 0 unspecified atom stereocenters. The van der Waals surface area contributed by atoms with Crippen LogP contribution in [0, 0.1) is 6.92 Å². The van der Waals surface area contributed by atoms with Gasteiger partial charge in [0.15, 0.2) is 10.9 Å². The molecule has 2 aromatic carbocycles. The molecule has 4 rings (SSSR count). The number of thiazole rings is 1. The van der Waals surface area contributed by atoms with E-state index in [1.54, 1.807) is 24.5 Å². The average Bonchev–Trinajstić information content (AvgIpc) is 3.28. The Morgan fingerprint density at radius 3 is 2.28 bits per heavy atom. The smallest absolute Gasteiger partial charge is 0.224 e. The summed E-state index contributed by atoms with van der Waals surface area (Å²) in [7, 11) is 0. The highest BCUT2D eigenvalue weighted by atomic mass is 32.1. The van der Waals surface area contributed by atoms with Gasteiger partial charge in [-0.25, -0.2) is 4.98 Å². The van der Waals surface area contributed by atoms with Gasteiger partial charge in [0, 0.05) is 53.1 Å². The minimum atomic E-state index is -0.187. The van der Waals surface area contributed by atoms with Gasteiger partial charge >= 0.3 is 0 Å². The van der Waals surface area contributed by atoms with Gasteiger partial charge in [0.25, 0.3) is 0 Å². The van der Waals surface area contributed by atoms with E-state index >= 15 is 0 Å². The summed E-state index contributed by atoms with van der Waals surface area (Å²) in [4.78, 5) is 33.1. The maximum Gasteiger partial charge on any atom is 0.224 e. The summed E-state index contributed by atoms with van der Waals surface area (Å²) < 4.78 is 0. The molecule has 2 N–H and O–H groups in total. The first-order valence-corrected chi connectivity index (χ1v) is 11.1. The highest BCUT2D eigenvalue weighted by molar-refractivity contribution is 7.14. The summed E-state index contributed by atoms with van der Waals surface area (Å²) in [6, 6.07) is 18.6. The molecule has 0 fully saturated rings. The number of aromatic nitrogens is 2. The van der Waals surface area contributed by atoms with E-state index in [0.29, 0.717) is 11.3 Å². The van der Waals surface area contributed by atoms with E-state index < -0.39 is 0 Å². The first kappa shape index (κ1) is 21.4. The van der Waals surface area contributed by atoms with Gasteiger partial charge < -0.3 is 10.6 Å². The molecule has 0 spiro atoms. The van der Waals surface area contributed by atoms with Crippen LogP contribution >= 0.6 is 11.3 Å². The zero-order valence-electron chi connectivity index (χ0n) is 17.5. The fraction of sp³-hybridized carbons (Fsp3) is 0.120. The second kappa shape index (κ2) is 9.98. The molecule has 0 saturated carbocycles. The van der Waals surface area contributed by atoms with Crippen molar-refractivity contribution < 1.29 is 9.59 Å². The number of Topliss-reactive ketones (excluding diaryl/α,β-unsaturated/α-hetero) is 1. The molecule has 6 nitrogen and oxygen atoms in total. The number of aryl methyl sites for hydroxylation is 1. The van der Waals surface area contributed by atoms with Crippen molar-refractivity contribution >= 4 is 39.5 Å². The van der Waals surface area contributed by atoms with Crippen LogP contribution in [0.2, 0.25) is 0 Å². The monoisotopic (exact) mass is 442 g/mol. The molecule has 0 atom stereocenters. The van der Waals surface area contributed by atoms with E-state index in [-0.39, 0.29) is 24.5 Å². The Kier molecular flexibility index (Phi) is 6.67. The molecule has 0 aliphatic heterocycles. The van der Waals surface area contributed by atoms with Crippen LogP contribution in [0.1, 0.15) is 28.8 Å². The number of rotatable bonds is 8. The molecular weight excluding hydrogens is 420 g/mol. The van der Waals surface area contributed by atoms with Crippen molar-refractivity contribution in [3.05, 3.63) is 89.6 Å². The molecule has 2 aromatic heterocycles. The summed E-state index contributed by atoms with van der Waals surface area (Å²) in [6.07, 6.45) is 3.81. The van der Waals surface area contributed by atoms with E-state index in [9.17, 15) is 9.59 Å². The molecule has 32 heavy (non-hydrogen) atoms. The third kappa shape index (κ3) is 5.65. The predicted octanol–water partition coefficient (Wildman–Crippen LogP) is 5.86. The van der Waals surface area contributed by atoms with Gasteiger partial charge in [0.2, 0.25) is 5.91 Å². The van der Waals surface area contributed by atoms with Gasteiger partial charge in [0.1, 0.15) is 0 Å². The third-order valence-corrected chi connectivity index (χ3v) is 5.61. The van der Waals surface area contributed by atoms with Gasteiger partial charge in [-0.1, -0.05) is 29.8 Å². The van der Waals surface area contributed by atoms with Crippen molar-refractivity contribution in [2.24, 2.45) is 0 Å². The molecule has 1 amide bonds. The van der Waals surface area contributed by atoms with E-state index in [1.165, 1.54) is 11.3 Å². The molecule has 4 aromatic rings. The first-order chi connectivity index (χ1) is 15.6. The fourth-order valence-electron chi connectivity index (χ4n) is 3.08. The zero-order chi connectivity index (χ0) is 22.3. The number of hydrogen-bond donors (Lipinski definition) is 2.